The minimum absolute atomic E-state index is 0.0427. The van der Waals surface area contributed by atoms with Crippen molar-refractivity contribution < 1.29 is 24.0 Å². The summed E-state index contributed by atoms with van der Waals surface area (Å²) in [4.78, 5) is 49.2. The Morgan fingerprint density at radius 1 is 1.28 bits per heavy atom. The van der Waals surface area contributed by atoms with E-state index in [4.69, 9.17) is 0 Å². The van der Waals surface area contributed by atoms with Crippen LogP contribution in [0.25, 0.3) is 0 Å². The summed E-state index contributed by atoms with van der Waals surface area (Å²) in [6.07, 6.45) is 1.00. The highest BCUT2D eigenvalue weighted by molar-refractivity contribution is 6.01. The first-order valence-corrected chi connectivity index (χ1v) is 5.88. The minimum Gasteiger partial charge on any atom is -0.356 e. The molecule has 0 atom stereocenters. The Bertz CT molecular complexity index is 350. The lowest BCUT2D eigenvalue weighted by atomic mass is 10.3. The fraction of sp³-hybridized carbons (Fsp3) is 0.636. The van der Waals surface area contributed by atoms with Gasteiger partial charge in [0.25, 0.3) is 11.8 Å². The number of hydroxylamine groups is 2. The summed E-state index contributed by atoms with van der Waals surface area (Å²) in [5.41, 5.74) is 0. The number of carbonyl (C=O) groups is 4. The molecule has 1 fully saturated rings. The van der Waals surface area contributed by atoms with Crippen molar-refractivity contribution in [2.45, 2.75) is 39.0 Å². The van der Waals surface area contributed by atoms with Crippen LogP contribution in [-0.2, 0) is 24.0 Å². The van der Waals surface area contributed by atoms with Crippen molar-refractivity contribution in [1.29, 1.82) is 0 Å². The van der Waals surface area contributed by atoms with Gasteiger partial charge in [0.15, 0.2) is 0 Å². The molecule has 0 aromatic carbocycles. The molecule has 0 aromatic heterocycles. The normalized spacial score (nSPS) is 14.8. The highest BCUT2D eigenvalue weighted by Gasteiger charge is 2.32. The number of amides is 3. The number of hydrogen-bond donors (Lipinski definition) is 1. The zero-order valence-corrected chi connectivity index (χ0v) is 10.2. The van der Waals surface area contributed by atoms with Crippen molar-refractivity contribution in [1.82, 2.24) is 10.4 Å². The van der Waals surface area contributed by atoms with Gasteiger partial charge in [-0.2, -0.15) is 0 Å². The van der Waals surface area contributed by atoms with Crippen LogP contribution in [0.1, 0.15) is 39.0 Å². The zero-order chi connectivity index (χ0) is 13.5. The van der Waals surface area contributed by atoms with E-state index in [0.29, 0.717) is 24.4 Å². The third kappa shape index (κ3) is 4.15. The fourth-order valence-corrected chi connectivity index (χ4v) is 1.39. The maximum absolute atomic E-state index is 11.3. The van der Waals surface area contributed by atoms with E-state index >= 15 is 0 Å². The molecule has 1 N–H and O–H groups in total. The second-order valence-electron chi connectivity index (χ2n) is 3.85. The molecular formula is C11H16N2O5. The van der Waals surface area contributed by atoms with Gasteiger partial charge in [-0.15, -0.1) is 5.06 Å². The number of nitrogens with zero attached hydrogens (tertiary/aromatic N) is 1. The Balaban J connectivity index is 2.20. The summed E-state index contributed by atoms with van der Waals surface area (Å²) in [6.45, 7) is 2.10. The first-order chi connectivity index (χ1) is 8.54. The fourth-order valence-electron chi connectivity index (χ4n) is 1.39. The van der Waals surface area contributed by atoms with E-state index in [2.05, 4.69) is 10.2 Å². The summed E-state index contributed by atoms with van der Waals surface area (Å²) in [5.74, 6) is -1.72. The van der Waals surface area contributed by atoms with Gasteiger partial charge in [0.05, 0.1) is 0 Å². The standard InChI is InChI=1S/C11H16N2O5/c1-2-8(14)12-7-3-4-11(17)18-13-9(15)5-6-10(13)16/h2-7H2,1H3,(H,12,14). The Hall–Kier alpha value is -1.92. The molecule has 1 aliphatic heterocycles. The smallest absolute Gasteiger partial charge is 0.333 e. The van der Waals surface area contributed by atoms with Crippen LogP contribution in [0.3, 0.4) is 0 Å². The molecule has 0 unspecified atom stereocenters. The zero-order valence-electron chi connectivity index (χ0n) is 10.2. The second-order valence-corrected chi connectivity index (χ2v) is 3.85. The van der Waals surface area contributed by atoms with Crippen LogP contribution in [0.5, 0.6) is 0 Å². The van der Waals surface area contributed by atoms with Gasteiger partial charge < -0.3 is 10.2 Å². The van der Waals surface area contributed by atoms with E-state index in [0.717, 1.165) is 0 Å². The average Bonchev–Trinajstić information content (AvgIpc) is 2.66. The van der Waals surface area contributed by atoms with Gasteiger partial charge >= 0.3 is 5.97 Å². The van der Waals surface area contributed by atoms with Gasteiger partial charge in [0.2, 0.25) is 5.91 Å². The number of nitrogens with one attached hydrogen (secondary N) is 1. The van der Waals surface area contributed by atoms with E-state index in [-0.39, 0.29) is 25.2 Å². The lowest BCUT2D eigenvalue weighted by molar-refractivity contribution is -0.197. The molecule has 1 heterocycles. The molecule has 100 valence electrons. The van der Waals surface area contributed by atoms with Gasteiger partial charge in [-0.3, -0.25) is 14.4 Å². The SMILES string of the molecule is CCC(=O)NCCCC(=O)ON1C(=O)CCC1=O. The third-order valence-electron chi connectivity index (χ3n) is 2.40. The molecule has 0 bridgehead atoms. The molecule has 0 aromatic rings. The summed E-state index contributed by atoms with van der Waals surface area (Å²) in [5, 5.41) is 3.13. The van der Waals surface area contributed by atoms with Crippen molar-refractivity contribution in [3.05, 3.63) is 0 Å². The molecule has 7 heteroatoms. The van der Waals surface area contributed by atoms with Crippen molar-refractivity contribution in [3.8, 4) is 0 Å². The molecule has 0 saturated carbocycles. The van der Waals surface area contributed by atoms with E-state index in [1.165, 1.54) is 0 Å². The van der Waals surface area contributed by atoms with Crippen LogP contribution < -0.4 is 5.32 Å². The van der Waals surface area contributed by atoms with Crippen molar-refractivity contribution in [3.63, 3.8) is 0 Å². The van der Waals surface area contributed by atoms with Crippen molar-refractivity contribution >= 4 is 23.7 Å². The Labute approximate surface area is 104 Å². The number of carbonyl (C=O) groups excluding carboxylic acids is 4. The quantitative estimate of drug-likeness (QED) is 0.529. The lowest BCUT2D eigenvalue weighted by Crippen LogP contribution is -2.32. The third-order valence-corrected chi connectivity index (χ3v) is 2.40. The maximum atomic E-state index is 11.3. The van der Waals surface area contributed by atoms with E-state index in [1.807, 2.05) is 0 Å². The average molecular weight is 256 g/mol. The molecule has 0 aliphatic carbocycles. The van der Waals surface area contributed by atoms with Gasteiger partial charge in [-0.25, -0.2) is 4.79 Å². The highest BCUT2D eigenvalue weighted by atomic mass is 16.7. The summed E-state index contributed by atoms with van der Waals surface area (Å²) in [6, 6.07) is 0. The largest absolute Gasteiger partial charge is 0.356 e. The van der Waals surface area contributed by atoms with Gasteiger partial charge in [0.1, 0.15) is 0 Å². The first kappa shape index (κ1) is 14.1. The Morgan fingerprint density at radius 3 is 2.44 bits per heavy atom. The summed E-state index contributed by atoms with van der Waals surface area (Å²) >= 11 is 0. The molecule has 3 amide bonds. The molecule has 0 spiro atoms. The summed E-state index contributed by atoms with van der Waals surface area (Å²) in [7, 11) is 0. The predicted octanol–water partition coefficient (Wildman–Crippen LogP) is -0.100. The van der Waals surface area contributed by atoms with Crippen molar-refractivity contribution in [2.24, 2.45) is 0 Å². The van der Waals surface area contributed by atoms with Gasteiger partial charge in [-0.1, -0.05) is 6.92 Å². The van der Waals surface area contributed by atoms with E-state index in [9.17, 15) is 19.2 Å². The number of imide groups is 1. The number of rotatable bonds is 6. The van der Waals surface area contributed by atoms with Crippen LogP contribution in [-0.4, -0.2) is 35.3 Å². The molecule has 1 rings (SSSR count). The Morgan fingerprint density at radius 2 is 1.89 bits per heavy atom. The Kier molecular flexibility index (Phi) is 5.29. The molecular weight excluding hydrogens is 240 g/mol. The van der Waals surface area contributed by atoms with Crippen LogP contribution in [0.4, 0.5) is 0 Å². The lowest BCUT2D eigenvalue weighted by Gasteiger charge is -2.12. The second kappa shape index (κ2) is 6.73. The van der Waals surface area contributed by atoms with Gasteiger partial charge in [-0.05, 0) is 6.42 Å². The number of hydrogen-bond acceptors (Lipinski definition) is 5. The minimum atomic E-state index is -0.649. The van der Waals surface area contributed by atoms with E-state index in [1.54, 1.807) is 6.92 Å². The molecule has 0 radical (unpaired) electrons. The van der Waals surface area contributed by atoms with E-state index < -0.39 is 17.8 Å². The van der Waals surface area contributed by atoms with Crippen LogP contribution >= 0.6 is 0 Å². The van der Waals surface area contributed by atoms with Crippen LogP contribution in [0.2, 0.25) is 0 Å². The van der Waals surface area contributed by atoms with Crippen LogP contribution in [0.15, 0.2) is 0 Å². The topological polar surface area (TPSA) is 92.8 Å². The van der Waals surface area contributed by atoms with Crippen LogP contribution in [0, 0.1) is 0 Å². The molecule has 18 heavy (non-hydrogen) atoms. The first-order valence-electron chi connectivity index (χ1n) is 5.88. The molecule has 1 saturated heterocycles. The maximum Gasteiger partial charge on any atom is 0.333 e. The van der Waals surface area contributed by atoms with Gasteiger partial charge in [0, 0.05) is 32.2 Å². The summed E-state index contributed by atoms with van der Waals surface area (Å²) < 4.78 is 0. The molecule has 1 aliphatic rings. The monoisotopic (exact) mass is 256 g/mol. The molecule has 7 nitrogen and oxygen atoms in total. The highest BCUT2D eigenvalue weighted by Crippen LogP contribution is 2.12. The predicted molar refractivity (Wildman–Crippen MR) is 59.7 cm³/mol. The van der Waals surface area contributed by atoms with Crippen molar-refractivity contribution in [2.75, 3.05) is 6.54 Å².